The fourth-order valence-electron chi connectivity index (χ4n) is 4.34. The highest BCUT2D eigenvalue weighted by atomic mass is 16.5. The summed E-state index contributed by atoms with van der Waals surface area (Å²) in [5.74, 6) is -2.65. The molecule has 6 nitrogen and oxygen atoms in total. The molecule has 0 spiro atoms. The van der Waals surface area contributed by atoms with Crippen molar-refractivity contribution in [3.63, 3.8) is 0 Å². The van der Waals surface area contributed by atoms with Gasteiger partial charge in [0.25, 0.3) is 0 Å². The number of piperidine rings is 1. The van der Waals surface area contributed by atoms with Crippen molar-refractivity contribution in [2.45, 2.75) is 26.2 Å². The van der Waals surface area contributed by atoms with Gasteiger partial charge in [0.2, 0.25) is 5.91 Å². The monoisotopic (exact) mass is 321 g/mol. The average molecular weight is 321 g/mol. The Bertz CT molecular complexity index is 543. The number of fused-ring (bicyclic) bond motifs is 2. The van der Waals surface area contributed by atoms with Gasteiger partial charge in [-0.25, -0.2) is 0 Å². The summed E-state index contributed by atoms with van der Waals surface area (Å²) in [5, 5.41) is 9.48. The first kappa shape index (κ1) is 16.0. The molecule has 5 atom stereocenters. The number of carboxylic acid groups (broad SMARTS) is 1. The molecule has 1 N–H and O–H groups in total. The molecular formula is C17H23NO5. The van der Waals surface area contributed by atoms with E-state index < -0.39 is 17.8 Å². The minimum absolute atomic E-state index is 0.0246. The van der Waals surface area contributed by atoms with Gasteiger partial charge in [0.1, 0.15) is 0 Å². The number of ether oxygens (including phenoxy) is 1. The fraction of sp³-hybridized carbons (Fsp3) is 0.706. The van der Waals surface area contributed by atoms with Gasteiger partial charge in [0.05, 0.1) is 24.4 Å². The van der Waals surface area contributed by atoms with E-state index in [1.807, 2.05) is 12.2 Å². The Labute approximate surface area is 135 Å². The zero-order valence-corrected chi connectivity index (χ0v) is 13.3. The maximum absolute atomic E-state index is 12.9. The molecule has 1 aliphatic heterocycles. The SMILES string of the molecule is CCOC(=O)C1CCCN(C(=O)C2C3C=CC(C3)C2C(=O)O)C1. The van der Waals surface area contributed by atoms with Gasteiger partial charge >= 0.3 is 11.9 Å². The van der Waals surface area contributed by atoms with Gasteiger partial charge in [0.15, 0.2) is 0 Å². The Morgan fingerprint density at radius 1 is 1.22 bits per heavy atom. The molecule has 0 radical (unpaired) electrons. The summed E-state index contributed by atoms with van der Waals surface area (Å²) < 4.78 is 5.06. The van der Waals surface area contributed by atoms with Gasteiger partial charge in [-0.3, -0.25) is 14.4 Å². The number of aliphatic carboxylic acids is 1. The lowest BCUT2D eigenvalue weighted by Gasteiger charge is -2.35. The second-order valence-corrected chi connectivity index (χ2v) is 6.71. The molecule has 126 valence electrons. The Morgan fingerprint density at radius 3 is 2.57 bits per heavy atom. The van der Waals surface area contributed by atoms with Gasteiger partial charge in [-0.2, -0.15) is 0 Å². The van der Waals surface area contributed by atoms with Crippen LogP contribution in [0.4, 0.5) is 0 Å². The quantitative estimate of drug-likeness (QED) is 0.623. The molecule has 1 heterocycles. The fourth-order valence-corrected chi connectivity index (χ4v) is 4.34. The number of amides is 1. The number of carboxylic acids is 1. The molecule has 5 unspecified atom stereocenters. The number of esters is 1. The van der Waals surface area contributed by atoms with Crippen LogP contribution >= 0.6 is 0 Å². The Morgan fingerprint density at radius 2 is 1.91 bits per heavy atom. The molecule has 2 aliphatic carbocycles. The number of likely N-dealkylation sites (tertiary alicyclic amines) is 1. The van der Waals surface area contributed by atoms with E-state index in [9.17, 15) is 19.5 Å². The van der Waals surface area contributed by atoms with Crippen LogP contribution in [-0.2, 0) is 19.1 Å². The summed E-state index contributed by atoms with van der Waals surface area (Å²) in [6, 6.07) is 0. The molecule has 0 aromatic rings. The largest absolute Gasteiger partial charge is 0.481 e. The molecule has 6 heteroatoms. The summed E-state index contributed by atoms with van der Waals surface area (Å²) in [7, 11) is 0. The molecule has 2 bridgehead atoms. The van der Waals surface area contributed by atoms with E-state index >= 15 is 0 Å². The van der Waals surface area contributed by atoms with E-state index in [0.717, 1.165) is 19.3 Å². The zero-order valence-electron chi connectivity index (χ0n) is 13.3. The maximum atomic E-state index is 12.9. The minimum Gasteiger partial charge on any atom is -0.481 e. The number of hydrogen-bond acceptors (Lipinski definition) is 4. The van der Waals surface area contributed by atoms with Crippen molar-refractivity contribution in [3.05, 3.63) is 12.2 Å². The number of hydrogen-bond donors (Lipinski definition) is 1. The van der Waals surface area contributed by atoms with Crippen LogP contribution in [0.3, 0.4) is 0 Å². The molecule has 1 saturated carbocycles. The number of allylic oxidation sites excluding steroid dienone is 2. The van der Waals surface area contributed by atoms with E-state index in [-0.39, 0.29) is 29.6 Å². The lowest BCUT2D eigenvalue weighted by atomic mass is 9.81. The molecule has 3 aliphatic rings. The number of carbonyl (C=O) groups is 3. The summed E-state index contributed by atoms with van der Waals surface area (Å²) >= 11 is 0. The third-order valence-corrected chi connectivity index (χ3v) is 5.38. The highest BCUT2D eigenvalue weighted by molar-refractivity contribution is 5.87. The molecule has 1 saturated heterocycles. The molecule has 0 aromatic heterocycles. The van der Waals surface area contributed by atoms with Crippen molar-refractivity contribution in [3.8, 4) is 0 Å². The van der Waals surface area contributed by atoms with Crippen molar-refractivity contribution in [1.29, 1.82) is 0 Å². The van der Waals surface area contributed by atoms with Crippen molar-refractivity contribution in [1.82, 2.24) is 4.90 Å². The summed E-state index contributed by atoms with van der Waals surface area (Å²) in [5.41, 5.74) is 0. The smallest absolute Gasteiger partial charge is 0.310 e. The lowest BCUT2D eigenvalue weighted by Crippen LogP contribution is -2.48. The van der Waals surface area contributed by atoms with Gasteiger partial charge in [0, 0.05) is 13.1 Å². The number of rotatable bonds is 4. The molecular weight excluding hydrogens is 298 g/mol. The van der Waals surface area contributed by atoms with Crippen LogP contribution in [-0.4, -0.2) is 47.5 Å². The highest BCUT2D eigenvalue weighted by Gasteiger charge is 2.53. The van der Waals surface area contributed by atoms with Crippen molar-refractivity contribution in [2.24, 2.45) is 29.6 Å². The van der Waals surface area contributed by atoms with E-state index in [1.165, 1.54) is 0 Å². The predicted molar refractivity (Wildman–Crippen MR) is 81.3 cm³/mol. The van der Waals surface area contributed by atoms with Crippen LogP contribution in [0.25, 0.3) is 0 Å². The van der Waals surface area contributed by atoms with E-state index in [2.05, 4.69) is 0 Å². The van der Waals surface area contributed by atoms with Crippen LogP contribution in [0.5, 0.6) is 0 Å². The van der Waals surface area contributed by atoms with Gasteiger partial charge in [-0.15, -0.1) is 0 Å². The van der Waals surface area contributed by atoms with Gasteiger partial charge in [-0.05, 0) is 38.0 Å². The molecule has 2 fully saturated rings. The van der Waals surface area contributed by atoms with Crippen LogP contribution in [0.15, 0.2) is 12.2 Å². The van der Waals surface area contributed by atoms with Crippen LogP contribution in [0.1, 0.15) is 26.2 Å². The zero-order chi connectivity index (χ0) is 16.6. The minimum atomic E-state index is -0.890. The molecule has 3 rings (SSSR count). The molecule has 23 heavy (non-hydrogen) atoms. The van der Waals surface area contributed by atoms with Crippen molar-refractivity contribution < 1.29 is 24.2 Å². The van der Waals surface area contributed by atoms with Crippen LogP contribution in [0.2, 0.25) is 0 Å². The standard InChI is InChI=1S/C17H23NO5/c1-2-23-17(22)12-4-3-7-18(9-12)15(19)13-10-5-6-11(8-10)14(13)16(20)21/h5-6,10-14H,2-4,7-9H2,1H3,(H,20,21). The Kier molecular flexibility index (Phi) is 4.41. The predicted octanol–water partition coefficient (Wildman–Crippen LogP) is 1.31. The first-order valence-electron chi connectivity index (χ1n) is 8.39. The summed E-state index contributed by atoms with van der Waals surface area (Å²) in [6.07, 6.45) is 6.15. The number of carbonyl (C=O) groups excluding carboxylic acids is 2. The maximum Gasteiger partial charge on any atom is 0.310 e. The Balaban J connectivity index is 1.71. The van der Waals surface area contributed by atoms with Crippen LogP contribution < -0.4 is 0 Å². The van der Waals surface area contributed by atoms with E-state index in [4.69, 9.17) is 4.74 Å². The normalized spacial score (nSPS) is 35.3. The first-order chi connectivity index (χ1) is 11.0. The lowest BCUT2D eigenvalue weighted by molar-refractivity contribution is -0.155. The topological polar surface area (TPSA) is 83.9 Å². The number of nitrogens with zero attached hydrogens (tertiary/aromatic N) is 1. The van der Waals surface area contributed by atoms with E-state index in [0.29, 0.717) is 19.7 Å². The summed E-state index contributed by atoms with van der Waals surface area (Å²) in [6.45, 7) is 3.05. The Hall–Kier alpha value is -1.85. The van der Waals surface area contributed by atoms with E-state index in [1.54, 1.807) is 11.8 Å². The average Bonchev–Trinajstić information content (AvgIpc) is 3.15. The van der Waals surface area contributed by atoms with Crippen molar-refractivity contribution in [2.75, 3.05) is 19.7 Å². The van der Waals surface area contributed by atoms with Crippen molar-refractivity contribution >= 4 is 17.8 Å². The van der Waals surface area contributed by atoms with Crippen LogP contribution in [0, 0.1) is 29.6 Å². The third kappa shape index (κ3) is 2.86. The third-order valence-electron chi connectivity index (χ3n) is 5.38. The summed E-state index contributed by atoms with van der Waals surface area (Å²) in [4.78, 5) is 38.1. The molecule has 1 amide bonds. The van der Waals surface area contributed by atoms with Gasteiger partial charge in [-0.1, -0.05) is 12.2 Å². The van der Waals surface area contributed by atoms with Gasteiger partial charge < -0.3 is 14.7 Å². The second-order valence-electron chi connectivity index (χ2n) is 6.71. The second kappa shape index (κ2) is 6.34. The molecule has 0 aromatic carbocycles. The highest BCUT2D eigenvalue weighted by Crippen LogP contribution is 2.49. The first-order valence-corrected chi connectivity index (χ1v) is 8.39.